The van der Waals surface area contributed by atoms with Crippen molar-refractivity contribution in [3.63, 3.8) is 0 Å². The van der Waals surface area contributed by atoms with Crippen molar-refractivity contribution in [2.45, 2.75) is 65.8 Å². The molecule has 1 fully saturated rings. The summed E-state index contributed by atoms with van der Waals surface area (Å²) < 4.78 is 0. The first-order valence-corrected chi connectivity index (χ1v) is 6.18. The highest BCUT2D eigenvalue weighted by molar-refractivity contribution is 4.95. The zero-order valence-corrected chi connectivity index (χ0v) is 10.6. The van der Waals surface area contributed by atoms with E-state index in [0.717, 1.165) is 5.92 Å². The molecule has 0 spiro atoms. The average Bonchev–Trinajstić information content (AvgIpc) is 2.89. The van der Waals surface area contributed by atoms with E-state index in [1.165, 1.54) is 32.2 Å². The molecule has 0 unspecified atom stereocenters. The zero-order chi connectivity index (χ0) is 10.8. The summed E-state index contributed by atoms with van der Waals surface area (Å²) in [7, 11) is 0. The maximum absolute atomic E-state index is 3.69. The van der Waals surface area contributed by atoms with Gasteiger partial charge in [0, 0.05) is 12.1 Å². The van der Waals surface area contributed by atoms with Gasteiger partial charge in [-0.1, -0.05) is 13.8 Å². The molecule has 1 rings (SSSR count). The smallest absolute Gasteiger partial charge is 0.00967 e. The van der Waals surface area contributed by atoms with Crippen LogP contribution in [0.1, 0.15) is 60.3 Å². The standard InChI is InChI=1S/C13H27N/c1-6-13(7-2,11-8-9-11)10-14-12(3,4)5/h11,14H,6-10H2,1-5H3. The highest BCUT2D eigenvalue weighted by Gasteiger charge is 2.42. The minimum absolute atomic E-state index is 0.268. The van der Waals surface area contributed by atoms with Gasteiger partial charge in [-0.3, -0.25) is 0 Å². The molecular formula is C13H27N. The number of hydrogen-bond donors (Lipinski definition) is 1. The van der Waals surface area contributed by atoms with Crippen LogP contribution in [0.4, 0.5) is 0 Å². The Morgan fingerprint density at radius 3 is 1.86 bits per heavy atom. The molecule has 0 bridgehead atoms. The second-order valence-electron chi connectivity index (χ2n) is 5.95. The van der Waals surface area contributed by atoms with Crippen LogP contribution in [0.5, 0.6) is 0 Å². The van der Waals surface area contributed by atoms with E-state index >= 15 is 0 Å². The third kappa shape index (κ3) is 2.98. The second kappa shape index (κ2) is 4.22. The lowest BCUT2D eigenvalue weighted by molar-refractivity contribution is 0.187. The molecule has 84 valence electrons. The second-order valence-corrected chi connectivity index (χ2v) is 5.95. The Bertz CT molecular complexity index is 170. The van der Waals surface area contributed by atoms with Gasteiger partial charge in [-0.25, -0.2) is 0 Å². The van der Waals surface area contributed by atoms with Crippen LogP contribution in [0.3, 0.4) is 0 Å². The molecule has 0 aliphatic heterocycles. The van der Waals surface area contributed by atoms with Crippen molar-refractivity contribution in [1.82, 2.24) is 5.32 Å². The fourth-order valence-electron chi connectivity index (χ4n) is 2.36. The van der Waals surface area contributed by atoms with E-state index in [4.69, 9.17) is 0 Å². The summed E-state index contributed by atoms with van der Waals surface area (Å²) in [4.78, 5) is 0. The van der Waals surface area contributed by atoms with Crippen molar-refractivity contribution in [2.24, 2.45) is 11.3 Å². The molecular weight excluding hydrogens is 170 g/mol. The molecule has 0 heterocycles. The molecule has 0 amide bonds. The molecule has 1 nitrogen and oxygen atoms in total. The Kier molecular flexibility index (Phi) is 3.63. The van der Waals surface area contributed by atoms with E-state index in [9.17, 15) is 0 Å². The van der Waals surface area contributed by atoms with Crippen molar-refractivity contribution in [2.75, 3.05) is 6.54 Å². The van der Waals surface area contributed by atoms with Crippen LogP contribution in [0, 0.1) is 11.3 Å². The molecule has 1 saturated carbocycles. The zero-order valence-electron chi connectivity index (χ0n) is 10.6. The van der Waals surface area contributed by atoms with Gasteiger partial charge in [0.05, 0.1) is 0 Å². The lowest BCUT2D eigenvalue weighted by atomic mass is 9.77. The number of hydrogen-bond acceptors (Lipinski definition) is 1. The molecule has 0 aromatic carbocycles. The van der Waals surface area contributed by atoms with E-state index in [1.807, 2.05) is 0 Å². The summed E-state index contributed by atoms with van der Waals surface area (Å²) >= 11 is 0. The first kappa shape index (κ1) is 12.0. The SMILES string of the molecule is CCC(CC)(CNC(C)(C)C)C1CC1. The first-order chi connectivity index (χ1) is 6.43. The van der Waals surface area contributed by atoms with E-state index in [0.29, 0.717) is 5.41 Å². The number of rotatable bonds is 5. The van der Waals surface area contributed by atoms with Gasteiger partial charge in [0.2, 0.25) is 0 Å². The van der Waals surface area contributed by atoms with Crippen molar-refractivity contribution in [3.05, 3.63) is 0 Å². The maximum atomic E-state index is 3.69. The van der Waals surface area contributed by atoms with E-state index < -0.39 is 0 Å². The summed E-state index contributed by atoms with van der Waals surface area (Å²) in [6, 6.07) is 0. The molecule has 0 aromatic rings. The molecule has 0 saturated heterocycles. The summed E-state index contributed by atoms with van der Waals surface area (Å²) in [5, 5.41) is 3.69. The highest BCUT2D eigenvalue weighted by atomic mass is 15.0. The van der Waals surface area contributed by atoms with Crippen LogP contribution in [-0.4, -0.2) is 12.1 Å². The van der Waals surface area contributed by atoms with Gasteiger partial charge in [-0.15, -0.1) is 0 Å². The van der Waals surface area contributed by atoms with Crippen molar-refractivity contribution in [3.8, 4) is 0 Å². The Morgan fingerprint density at radius 2 is 1.57 bits per heavy atom. The molecule has 1 heteroatoms. The fourth-order valence-corrected chi connectivity index (χ4v) is 2.36. The molecule has 14 heavy (non-hydrogen) atoms. The number of nitrogens with one attached hydrogen (secondary N) is 1. The predicted octanol–water partition coefficient (Wildman–Crippen LogP) is 3.59. The van der Waals surface area contributed by atoms with Gasteiger partial charge in [-0.05, 0) is 57.8 Å². The first-order valence-electron chi connectivity index (χ1n) is 6.18. The maximum Gasteiger partial charge on any atom is 0.00967 e. The van der Waals surface area contributed by atoms with E-state index in [-0.39, 0.29) is 5.54 Å². The van der Waals surface area contributed by atoms with Crippen LogP contribution in [0.15, 0.2) is 0 Å². The van der Waals surface area contributed by atoms with E-state index in [1.54, 1.807) is 0 Å². The van der Waals surface area contributed by atoms with Gasteiger partial charge < -0.3 is 5.32 Å². The van der Waals surface area contributed by atoms with Crippen LogP contribution in [-0.2, 0) is 0 Å². The van der Waals surface area contributed by atoms with Crippen LogP contribution >= 0.6 is 0 Å². The predicted molar refractivity (Wildman–Crippen MR) is 63.5 cm³/mol. The fraction of sp³-hybridized carbons (Fsp3) is 1.00. The summed E-state index contributed by atoms with van der Waals surface area (Å²) in [6.45, 7) is 12.7. The summed E-state index contributed by atoms with van der Waals surface area (Å²) in [5.74, 6) is 1.01. The minimum Gasteiger partial charge on any atom is -0.312 e. The quantitative estimate of drug-likeness (QED) is 0.710. The van der Waals surface area contributed by atoms with Crippen molar-refractivity contribution >= 4 is 0 Å². The lowest BCUT2D eigenvalue weighted by Gasteiger charge is -2.35. The van der Waals surface area contributed by atoms with Gasteiger partial charge in [0.1, 0.15) is 0 Å². The van der Waals surface area contributed by atoms with Gasteiger partial charge in [-0.2, -0.15) is 0 Å². The Balaban J connectivity index is 2.50. The van der Waals surface area contributed by atoms with Gasteiger partial charge >= 0.3 is 0 Å². The van der Waals surface area contributed by atoms with Crippen molar-refractivity contribution in [1.29, 1.82) is 0 Å². The topological polar surface area (TPSA) is 12.0 Å². The van der Waals surface area contributed by atoms with Crippen molar-refractivity contribution < 1.29 is 0 Å². The monoisotopic (exact) mass is 197 g/mol. The summed E-state index contributed by atoms with van der Waals surface area (Å²) in [5.41, 5.74) is 0.859. The molecule has 1 N–H and O–H groups in total. The molecule has 1 aliphatic rings. The van der Waals surface area contributed by atoms with Crippen LogP contribution in [0.25, 0.3) is 0 Å². The van der Waals surface area contributed by atoms with Crippen LogP contribution in [0.2, 0.25) is 0 Å². The highest BCUT2D eigenvalue weighted by Crippen LogP contribution is 2.49. The lowest BCUT2D eigenvalue weighted by Crippen LogP contribution is -2.44. The third-order valence-electron chi connectivity index (χ3n) is 3.82. The molecule has 0 atom stereocenters. The minimum atomic E-state index is 0.268. The Labute approximate surface area is 89.7 Å². The van der Waals surface area contributed by atoms with E-state index in [2.05, 4.69) is 39.9 Å². The Hall–Kier alpha value is -0.0400. The largest absolute Gasteiger partial charge is 0.312 e. The molecule has 0 radical (unpaired) electrons. The third-order valence-corrected chi connectivity index (χ3v) is 3.82. The molecule has 1 aliphatic carbocycles. The van der Waals surface area contributed by atoms with Gasteiger partial charge in [0.15, 0.2) is 0 Å². The van der Waals surface area contributed by atoms with Gasteiger partial charge in [0.25, 0.3) is 0 Å². The molecule has 0 aromatic heterocycles. The average molecular weight is 197 g/mol. The van der Waals surface area contributed by atoms with Crippen LogP contribution < -0.4 is 5.32 Å². The Morgan fingerprint density at radius 1 is 1.07 bits per heavy atom. The summed E-state index contributed by atoms with van der Waals surface area (Å²) in [6.07, 6.45) is 5.59. The normalized spacial score (nSPS) is 18.6.